The van der Waals surface area contributed by atoms with E-state index < -0.39 is 16.6 Å². The molecule has 232 valence electrons. The molecule has 1 rings (SSSR count). The first kappa shape index (κ1) is 37.0. The normalized spacial score (nSPS) is 21.6. The molecule has 0 aromatic heterocycles. The van der Waals surface area contributed by atoms with Crippen molar-refractivity contribution in [3.63, 3.8) is 0 Å². The van der Waals surface area contributed by atoms with Gasteiger partial charge in [-0.1, -0.05) is 92.0 Å². The number of Topliss-reactive ketones (excluding diaryl/α,β-unsaturated/α-hetero) is 1. The summed E-state index contributed by atoms with van der Waals surface area (Å²) in [7, 11) is -2.38. The first-order chi connectivity index (χ1) is 18.8. The number of rotatable bonds is 19. The van der Waals surface area contributed by atoms with Gasteiger partial charge in [0.25, 0.3) is 0 Å². The lowest BCUT2D eigenvalue weighted by Gasteiger charge is -2.39. The molecule has 0 saturated heterocycles. The number of ketones is 1. The lowest BCUT2D eigenvalue weighted by molar-refractivity contribution is -0.140. The molecule has 0 N–H and O–H groups in total. The Morgan fingerprint density at radius 1 is 1.02 bits per heavy atom. The van der Waals surface area contributed by atoms with Gasteiger partial charge in [0.2, 0.25) is 0 Å². The van der Waals surface area contributed by atoms with Gasteiger partial charge in [0.15, 0.2) is 16.6 Å². The van der Waals surface area contributed by atoms with Crippen molar-refractivity contribution >= 4 is 28.4 Å². The summed E-state index contributed by atoms with van der Waals surface area (Å²) in [6.45, 7) is 20.5. The summed E-state index contributed by atoms with van der Waals surface area (Å²) in [5, 5.41) is 0.0856. The van der Waals surface area contributed by atoms with Gasteiger partial charge in [0, 0.05) is 24.7 Å². The van der Waals surface area contributed by atoms with E-state index in [2.05, 4.69) is 85.9 Å². The predicted molar refractivity (Wildman–Crippen MR) is 174 cm³/mol. The molecule has 0 radical (unpaired) electrons. The highest BCUT2D eigenvalue weighted by Gasteiger charge is 2.46. The Kier molecular flexibility index (Phi) is 16.5. The van der Waals surface area contributed by atoms with E-state index in [4.69, 9.17) is 13.6 Å². The Labute approximate surface area is 249 Å². The molecule has 0 aromatic rings. The maximum absolute atomic E-state index is 13.4. The van der Waals surface area contributed by atoms with Gasteiger partial charge in [-0.05, 0) is 61.9 Å². The quantitative estimate of drug-likeness (QED) is 0.0645. The monoisotopic (exact) mass is 594 g/mol. The molecule has 0 aliphatic heterocycles. The highest BCUT2D eigenvalue weighted by atomic mass is 28.4. The first-order valence-electron chi connectivity index (χ1n) is 16.1. The lowest BCUT2D eigenvalue weighted by Crippen LogP contribution is -2.45. The SMILES string of the molecule is CCCCC[C@@H](/C=C/[C@H]1[C@H](O[Si](C)(C)C(C)(C)C)CC(=O)[C@@H]1C/C=C\CCCC(=O)OC)O[Si](CC)(CC)CC. The Morgan fingerprint density at radius 2 is 1.68 bits per heavy atom. The number of allylic oxidation sites excluding steroid dienone is 2. The third-order valence-electron chi connectivity index (χ3n) is 9.47. The number of carbonyl (C=O) groups is 2. The number of ether oxygens (including phenoxy) is 1. The van der Waals surface area contributed by atoms with Crippen LogP contribution in [0.3, 0.4) is 0 Å². The first-order valence-corrected chi connectivity index (χ1v) is 21.5. The van der Waals surface area contributed by atoms with Gasteiger partial charge in [-0.25, -0.2) is 0 Å². The van der Waals surface area contributed by atoms with E-state index in [-0.39, 0.29) is 35.1 Å². The minimum atomic E-state index is -2.04. The Balaban J connectivity index is 3.21. The van der Waals surface area contributed by atoms with Crippen molar-refractivity contribution in [3.8, 4) is 0 Å². The molecular formula is C33H62O5Si2. The van der Waals surface area contributed by atoms with Gasteiger partial charge < -0.3 is 13.6 Å². The van der Waals surface area contributed by atoms with Crippen LogP contribution in [0.1, 0.15) is 106 Å². The van der Waals surface area contributed by atoms with Crippen LogP contribution in [-0.4, -0.2) is 47.7 Å². The Bertz CT molecular complexity index is 802. The molecule has 1 aliphatic carbocycles. The number of methoxy groups -OCH3 is 1. The zero-order valence-electron chi connectivity index (χ0n) is 27.6. The maximum Gasteiger partial charge on any atom is 0.305 e. The van der Waals surface area contributed by atoms with Crippen molar-refractivity contribution in [3.05, 3.63) is 24.3 Å². The van der Waals surface area contributed by atoms with E-state index >= 15 is 0 Å². The summed E-state index contributed by atoms with van der Waals surface area (Å²) in [6.07, 6.45) is 16.7. The molecule has 1 fully saturated rings. The standard InChI is InChI=1S/C33H62O5Si2/c1-11-15-18-21-27(37-40(12-2,13-3)14-4)24-25-29-28(22-19-16-17-20-23-32(35)36-8)30(34)26-31(29)38-39(9,10)33(5,6)7/h16,19,24-25,27-29,31H,11-15,17-18,20-23,26H2,1-10H3/b19-16-,25-24+/t27-,28+,29+,31+/m0/s1. The summed E-state index contributed by atoms with van der Waals surface area (Å²) in [4.78, 5) is 24.8. The van der Waals surface area contributed by atoms with Crippen molar-refractivity contribution in [2.75, 3.05) is 7.11 Å². The fourth-order valence-electron chi connectivity index (χ4n) is 5.37. The fraction of sp³-hybridized carbons (Fsp3) is 0.818. The number of unbranched alkanes of at least 4 members (excludes halogenated alkanes) is 3. The molecule has 5 nitrogen and oxygen atoms in total. The number of carbonyl (C=O) groups excluding carboxylic acids is 2. The molecule has 0 heterocycles. The average molecular weight is 595 g/mol. The van der Waals surface area contributed by atoms with Crippen LogP contribution < -0.4 is 0 Å². The van der Waals surface area contributed by atoms with Crippen LogP contribution in [0.25, 0.3) is 0 Å². The summed E-state index contributed by atoms with van der Waals surface area (Å²) < 4.78 is 18.6. The van der Waals surface area contributed by atoms with Gasteiger partial charge in [-0.3, -0.25) is 9.59 Å². The van der Waals surface area contributed by atoms with Crippen molar-refractivity contribution in [1.82, 2.24) is 0 Å². The van der Waals surface area contributed by atoms with Crippen LogP contribution in [0.2, 0.25) is 36.3 Å². The van der Waals surface area contributed by atoms with Crippen LogP contribution in [0.4, 0.5) is 0 Å². The summed E-state index contributed by atoms with van der Waals surface area (Å²) in [6, 6.07) is 3.42. The number of esters is 1. The zero-order valence-corrected chi connectivity index (χ0v) is 29.6. The van der Waals surface area contributed by atoms with E-state index in [9.17, 15) is 9.59 Å². The van der Waals surface area contributed by atoms with Crippen molar-refractivity contribution in [1.29, 1.82) is 0 Å². The van der Waals surface area contributed by atoms with Crippen LogP contribution >= 0.6 is 0 Å². The molecule has 0 bridgehead atoms. The highest BCUT2D eigenvalue weighted by Crippen LogP contribution is 2.43. The minimum Gasteiger partial charge on any atom is -0.469 e. The largest absolute Gasteiger partial charge is 0.469 e. The minimum absolute atomic E-state index is 0.0552. The Hall–Kier alpha value is -1.03. The average Bonchev–Trinajstić information content (AvgIpc) is 3.19. The molecular weight excluding hydrogens is 533 g/mol. The van der Waals surface area contributed by atoms with Gasteiger partial charge in [0.05, 0.1) is 19.3 Å². The molecule has 1 aliphatic rings. The second-order valence-electron chi connectivity index (χ2n) is 13.2. The van der Waals surface area contributed by atoms with E-state index in [0.29, 0.717) is 25.0 Å². The Morgan fingerprint density at radius 3 is 2.23 bits per heavy atom. The molecule has 7 heteroatoms. The van der Waals surface area contributed by atoms with Gasteiger partial charge >= 0.3 is 5.97 Å². The lowest BCUT2D eigenvalue weighted by atomic mass is 9.90. The zero-order chi connectivity index (χ0) is 30.4. The number of hydrogen-bond acceptors (Lipinski definition) is 5. The third-order valence-corrected chi connectivity index (χ3v) is 18.6. The van der Waals surface area contributed by atoms with E-state index in [1.807, 2.05) is 0 Å². The molecule has 0 unspecified atom stereocenters. The van der Waals surface area contributed by atoms with Crippen molar-refractivity contribution in [2.24, 2.45) is 11.8 Å². The summed E-state index contributed by atoms with van der Waals surface area (Å²) in [5.41, 5.74) is 0. The van der Waals surface area contributed by atoms with Crippen molar-refractivity contribution < 1.29 is 23.2 Å². The van der Waals surface area contributed by atoms with Crippen LogP contribution in [0.15, 0.2) is 24.3 Å². The molecule has 0 amide bonds. The molecule has 40 heavy (non-hydrogen) atoms. The second kappa shape index (κ2) is 17.8. The maximum atomic E-state index is 13.4. The second-order valence-corrected chi connectivity index (χ2v) is 22.7. The summed E-state index contributed by atoms with van der Waals surface area (Å²) >= 11 is 0. The van der Waals surface area contributed by atoms with Gasteiger partial charge in [-0.2, -0.15) is 0 Å². The van der Waals surface area contributed by atoms with Crippen LogP contribution in [-0.2, 0) is 23.2 Å². The van der Waals surface area contributed by atoms with Crippen LogP contribution in [0, 0.1) is 11.8 Å². The number of hydrogen-bond donors (Lipinski definition) is 0. The molecule has 0 aromatic carbocycles. The van der Waals surface area contributed by atoms with Gasteiger partial charge in [-0.15, -0.1) is 0 Å². The van der Waals surface area contributed by atoms with Crippen molar-refractivity contribution in [2.45, 2.75) is 155 Å². The fourth-order valence-corrected chi connectivity index (χ4v) is 9.56. The van der Waals surface area contributed by atoms with E-state index in [1.165, 1.54) is 26.4 Å². The highest BCUT2D eigenvalue weighted by molar-refractivity contribution is 6.74. The van der Waals surface area contributed by atoms with E-state index in [1.54, 1.807) is 0 Å². The predicted octanol–water partition coefficient (Wildman–Crippen LogP) is 9.40. The molecule has 4 atom stereocenters. The van der Waals surface area contributed by atoms with Gasteiger partial charge in [0.1, 0.15) is 5.78 Å². The topological polar surface area (TPSA) is 61.8 Å². The smallest absolute Gasteiger partial charge is 0.305 e. The molecule has 1 saturated carbocycles. The third kappa shape index (κ3) is 11.7. The molecule has 0 spiro atoms. The van der Waals surface area contributed by atoms with Crippen LogP contribution in [0.5, 0.6) is 0 Å². The van der Waals surface area contributed by atoms with E-state index in [0.717, 1.165) is 37.4 Å². The summed E-state index contributed by atoms with van der Waals surface area (Å²) in [5.74, 6) is 0.108.